The van der Waals surface area contributed by atoms with E-state index in [0.717, 1.165) is 17.5 Å². The lowest BCUT2D eigenvalue weighted by Crippen LogP contribution is -2.47. The maximum absolute atomic E-state index is 12.4. The third-order valence-corrected chi connectivity index (χ3v) is 3.65. The van der Waals surface area contributed by atoms with Crippen LogP contribution < -0.4 is 0 Å². The quantitative estimate of drug-likeness (QED) is 0.862. The number of aliphatic hydroxyl groups excluding tert-OH is 1. The van der Waals surface area contributed by atoms with Crippen LogP contribution in [0, 0.1) is 6.92 Å². The van der Waals surface area contributed by atoms with Gasteiger partial charge < -0.3 is 9.84 Å². The van der Waals surface area contributed by atoms with Crippen molar-refractivity contribution in [3.8, 4) is 0 Å². The lowest BCUT2D eigenvalue weighted by atomic mass is 9.92. The highest BCUT2D eigenvalue weighted by Crippen LogP contribution is 2.32. The van der Waals surface area contributed by atoms with Crippen molar-refractivity contribution in [2.24, 2.45) is 0 Å². The van der Waals surface area contributed by atoms with Gasteiger partial charge in [0, 0.05) is 6.54 Å². The minimum Gasteiger partial charge on any atom is -0.444 e. The molecule has 0 aromatic heterocycles. The van der Waals surface area contributed by atoms with Crippen LogP contribution in [-0.2, 0) is 4.74 Å². The molecule has 1 aromatic rings. The minimum atomic E-state index is -0.547. The maximum atomic E-state index is 12.4. The molecule has 0 radical (unpaired) electrons. The van der Waals surface area contributed by atoms with Gasteiger partial charge in [-0.3, -0.25) is 4.90 Å². The van der Waals surface area contributed by atoms with Crippen molar-refractivity contribution in [2.75, 3.05) is 6.54 Å². The molecular formula is C17H25NO3. The fraction of sp³-hybridized carbons (Fsp3) is 0.588. The van der Waals surface area contributed by atoms with Gasteiger partial charge >= 0.3 is 6.09 Å². The molecule has 2 atom stereocenters. The summed E-state index contributed by atoms with van der Waals surface area (Å²) in [7, 11) is 0. The van der Waals surface area contributed by atoms with Gasteiger partial charge in [0.15, 0.2) is 0 Å². The molecule has 2 rings (SSSR count). The Morgan fingerprint density at radius 1 is 1.29 bits per heavy atom. The smallest absolute Gasteiger partial charge is 0.410 e. The zero-order valence-electron chi connectivity index (χ0n) is 13.3. The van der Waals surface area contributed by atoms with Crippen LogP contribution in [0.3, 0.4) is 0 Å². The van der Waals surface area contributed by atoms with Crippen molar-refractivity contribution in [2.45, 2.75) is 58.3 Å². The van der Waals surface area contributed by atoms with Crippen LogP contribution in [0.25, 0.3) is 0 Å². The molecule has 4 nitrogen and oxygen atoms in total. The van der Waals surface area contributed by atoms with Crippen LogP contribution >= 0.6 is 0 Å². The number of ether oxygens (including phenoxy) is 1. The van der Waals surface area contributed by atoms with Crippen molar-refractivity contribution >= 4 is 6.09 Å². The monoisotopic (exact) mass is 291 g/mol. The molecule has 1 amide bonds. The van der Waals surface area contributed by atoms with Crippen LogP contribution in [0.4, 0.5) is 4.79 Å². The molecule has 0 aliphatic carbocycles. The highest BCUT2D eigenvalue weighted by Gasteiger charge is 2.36. The fourth-order valence-electron chi connectivity index (χ4n) is 2.67. The number of benzene rings is 1. The zero-order chi connectivity index (χ0) is 15.6. The van der Waals surface area contributed by atoms with Crippen LogP contribution in [0.2, 0.25) is 0 Å². The molecule has 0 bridgehead atoms. The summed E-state index contributed by atoms with van der Waals surface area (Å²) in [4.78, 5) is 14.1. The summed E-state index contributed by atoms with van der Waals surface area (Å²) in [5.74, 6) is 0. The van der Waals surface area contributed by atoms with E-state index >= 15 is 0 Å². The topological polar surface area (TPSA) is 49.8 Å². The van der Waals surface area contributed by atoms with E-state index in [4.69, 9.17) is 4.74 Å². The van der Waals surface area contributed by atoms with E-state index in [0.29, 0.717) is 13.0 Å². The second kappa shape index (κ2) is 6.06. The molecule has 1 saturated heterocycles. The van der Waals surface area contributed by atoms with E-state index in [1.807, 2.05) is 52.0 Å². The van der Waals surface area contributed by atoms with E-state index in [1.54, 1.807) is 4.90 Å². The first-order valence-corrected chi connectivity index (χ1v) is 7.52. The predicted octanol–water partition coefficient (Wildman–Crippen LogP) is 3.43. The largest absolute Gasteiger partial charge is 0.444 e. The summed E-state index contributed by atoms with van der Waals surface area (Å²) in [6.07, 6.45) is 0.599. The standard InChI is InChI=1S/C17H25NO3/c1-12-7-9-13(10-8-12)15-14(19)6-5-11-18(15)16(20)21-17(2,3)4/h7-10,14-15,19H,5-6,11H2,1-4H3/t14-,15-/m0/s1. The second-order valence-electron chi connectivity index (χ2n) is 6.74. The molecule has 1 aromatic carbocycles. The van der Waals surface area contributed by atoms with Gasteiger partial charge in [0.05, 0.1) is 12.1 Å². The van der Waals surface area contributed by atoms with Gasteiger partial charge in [0.1, 0.15) is 5.60 Å². The number of hydrogen-bond donors (Lipinski definition) is 1. The van der Waals surface area contributed by atoms with Crippen molar-refractivity contribution in [1.29, 1.82) is 0 Å². The molecule has 116 valence electrons. The zero-order valence-corrected chi connectivity index (χ0v) is 13.3. The fourth-order valence-corrected chi connectivity index (χ4v) is 2.67. The van der Waals surface area contributed by atoms with Crippen molar-refractivity contribution < 1.29 is 14.6 Å². The Labute approximate surface area is 126 Å². The number of likely N-dealkylation sites (tertiary alicyclic amines) is 1. The van der Waals surface area contributed by atoms with Crippen LogP contribution in [0.15, 0.2) is 24.3 Å². The minimum absolute atomic E-state index is 0.325. The van der Waals surface area contributed by atoms with E-state index in [9.17, 15) is 9.90 Å². The summed E-state index contributed by atoms with van der Waals surface area (Å²) in [5.41, 5.74) is 1.59. The third-order valence-electron chi connectivity index (χ3n) is 3.65. The molecule has 0 unspecified atom stereocenters. The average Bonchev–Trinajstić information content (AvgIpc) is 2.38. The normalized spacial score (nSPS) is 23.0. The summed E-state index contributed by atoms with van der Waals surface area (Å²) >= 11 is 0. The number of nitrogens with zero attached hydrogens (tertiary/aromatic N) is 1. The first-order valence-electron chi connectivity index (χ1n) is 7.52. The van der Waals surface area contributed by atoms with Gasteiger partial charge in [-0.2, -0.15) is 0 Å². The molecule has 1 aliphatic rings. The van der Waals surface area contributed by atoms with Crippen molar-refractivity contribution in [3.63, 3.8) is 0 Å². The highest BCUT2D eigenvalue weighted by molar-refractivity contribution is 5.69. The summed E-state index contributed by atoms with van der Waals surface area (Å²) < 4.78 is 5.48. The Kier molecular flexibility index (Phi) is 4.57. The first kappa shape index (κ1) is 15.8. The van der Waals surface area contributed by atoms with Gasteiger partial charge in [0.2, 0.25) is 0 Å². The Morgan fingerprint density at radius 2 is 1.90 bits per heavy atom. The molecule has 0 saturated carbocycles. The molecule has 0 spiro atoms. The Morgan fingerprint density at radius 3 is 2.48 bits per heavy atom. The first-order chi connectivity index (χ1) is 9.78. The number of amides is 1. The Hall–Kier alpha value is -1.55. The van der Waals surface area contributed by atoms with E-state index < -0.39 is 11.7 Å². The number of aliphatic hydroxyl groups is 1. The van der Waals surface area contributed by atoms with E-state index in [-0.39, 0.29) is 12.1 Å². The Balaban J connectivity index is 2.25. The summed E-state index contributed by atoms with van der Waals surface area (Å²) in [5, 5.41) is 10.4. The summed E-state index contributed by atoms with van der Waals surface area (Å²) in [6, 6.07) is 7.64. The van der Waals surface area contributed by atoms with Gasteiger partial charge in [-0.25, -0.2) is 4.79 Å². The van der Waals surface area contributed by atoms with Crippen LogP contribution in [0.1, 0.15) is 50.8 Å². The van der Waals surface area contributed by atoms with Gasteiger partial charge in [0.25, 0.3) is 0 Å². The lowest BCUT2D eigenvalue weighted by Gasteiger charge is -2.39. The van der Waals surface area contributed by atoms with Gasteiger partial charge in [-0.05, 0) is 46.1 Å². The third kappa shape index (κ3) is 3.97. The Bertz CT molecular complexity index is 490. The molecule has 1 heterocycles. The SMILES string of the molecule is Cc1ccc([C@H]2[C@@H](O)CCCN2C(=O)OC(C)(C)C)cc1. The molecule has 1 fully saturated rings. The number of rotatable bonds is 1. The number of hydrogen-bond acceptors (Lipinski definition) is 3. The predicted molar refractivity (Wildman–Crippen MR) is 82.1 cm³/mol. The maximum Gasteiger partial charge on any atom is 0.410 e. The number of carbonyl (C=O) groups excluding carboxylic acids is 1. The highest BCUT2D eigenvalue weighted by atomic mass is 16.6. The molecular weight excluding hydrogens is 266 g/mol. The van der Waals surface area contributed by atoms with E-state index in [1.165, 1.54) is 0 Å². The van der Waals surface area contributed by atoms with Crippen molar-refractivity contribution in [3.05, 3.63) is 35.4 Å². The number of piperidine rings is 1. The second-order valence-corrected chi connectivity index (χ2v) is 6.74. The average molecular weight is 291 g/mol. The number of aryl methyl sites for hydroxylation is 1. The summed E-state index contributed by atoms with van der Waals surface area (Å²) in [6.45, 7) is 8.20. The van der Waals surface area contributed by atoms with Crippen LogP contribution in [0.5, 0.6) is 0 Å². The number of carbonyl (C=O) groups is 1. The molecule has 1 N–H and O–H groups in total. The van der Waals surface area contributed by atoms with Gasteiger partial charge in [-0.15, -0.1) is 0 Å². The molecule has 21 heavy (non-hydrogen) atoms. The van der Waals surface area contributed by atoms with Crippen molar-refractivity contribution in [1.82, 2.24) is 4.90 Å². The molecule has 1 aliphatic heterocycles. The lowest BCUT2D eigenvalue weighted by molar-refractivity contribution is -0.0239. The van der Waals surface area contributed by atoms with E-state index in [2.05, 4.69) is 0 Å². The molecule has 4 heteroatoms. The van der Waals surface area contributed by atoms with Crippen LogP contribution in [-0.4, -0.2) is 34.3 Å². The van der Waals surface area contributed by atoms with Gasteiger partial charge in [-0.1, -0.05) is 29.8 Å².